The zero-order chi connectivity index (χ0) is 19.3. The van der Waals surface area contributed by atoms with Gasteiger partial charge in [0, 0.05) is 24.2 Å². The number of ether oxygens (including phenoxy) is 1. The molecule has 28 heavy (non-hydrogen) atoms. The highest BCUT2D eigenvalue weighted by Crippen LogP contribution is 2.25. The molecule has 0 radical (unpaired) electrons. The summed E-state index contributed by atoms with van der Waals surface area (Å²) in [4.78, 5) is 0. The van der Waals surface area contributed by atoms with E-state index in [1.807, 2.05) is 18.2 Å². The summed E-state index contributed by atoms with van der Waals surface area (Å²) in [5.74, 6) is 0.519. The summed E-state index contributed by atoms with van der Waals surface area (Å²) >= 11 is 0. The lowest BCUT2D eigenvalue weighted by molar-refractivity contribution is 0.392. The number of rotatable bonds is 6. The average Bonchev–Trinajstić information content (AvgIpc) is 2.77. The molecule has 0 saturated heterocycles. The fraction of sp³-hybridized carbons (Fsp3) is 0.167. The second-order valence-corrected chi connectivity index (χ2v) is 6.83. The highest BCUT2D eigenvalue weighted by Gasteiger charge is 2.09. The standard InChI is InChI=1S/C24H23N3O/c1-17(21-12-6-9-19-8-3-4-11-22(19)21)25-16-18-7-5-10-20(15-18)23-13-14-24(28-2)27-26-23/h3-15,17,25H,16H2,1-2H3. The molecular weight excluding hydrogens is 346 g/mol. The summed E-state index contributed by atoms with van der Waals surface area (Å²) in [6.07, 6.45) is 0. The molecular formula is C24H23N3O. The van der Waals surface area contributed by atoms with Gasteiger partial charge in [0.2, 0.25) is 5.88 Å². The van der Waals surface area contributed by atoms with Crippen molar-refractivity contribution in [1.82, 2.24) is 15.5 Å². The first-order chi connectivity index (χ1) is 13.7. The summed E-state index contributed by atoms with van der Waals surface area (Å²) in [7, 11) is 1.59. The first-order valence-electron chi connectivity index (χ1n) is 9.42. The molecule has 0 fully saturated rings. The third-order valence-corrected chi connectivity index (χ3v) is 4.97. The van der Waals surface area contributed by atoms with E-state index in [0.717, 1.165) is 17.8 Å². The predicted octanol–water partition coefficient (Wildman–Crippen LogP) is 5.16. The second-order valence-electron chi connectivity index (χ2n) is 6.83. The van der Waals surface area contributed by atoms with Crippen LogP contribution in [0.5, 0.6) is 5.88 Å². The molecule has 4 rings (SSSR count). The van der Waals surface area contributed by atoms with Crippen molar-refractivity contribution in [3.05, 3.63) is 90.0 Å². The summed E-state index contributed by atoms with van der Waals surface area (Å²) in [6.45, 7) is 2.99. The van der Waals surface area contributed by atoms with E-state index in [-0.39, 0.29) is 6.04 Å². The van der Waals surface area contributed by atoms with Crippen LogP contribution in [0, 0.1) is 0 Å². The van der Waals surface area contributed by atoms with Gasteiger partial charge in [-0.3, -0.25) is 0 Å². The molecule has 0 spiro atoms. The number of nitrogens with zero attached hydrogens (tertiary/aromatic N) is 2. The molecule has 0 aliphatic carbocycles. The minimum Gasteiger partial charge on any atom is -0.480 e. The molecule has 4 nitrogen and oxygen atoms in total. The molecule has 140 valence electrons. The number of hydrogen-bond donors (Lipinski definition) is 1. The van der Waals surface area contributed by atoms with Crippen LogP contribution < -0.4 is 10.1 Å². The zero-order valence-corrected chi connectivity index (χ0v) is 16.1. The smallest absolute Gasteiger partial charge is 0.233 e. The monoisotopic (exact) mass is 369 g/mol. The Morgan fingerprint density at radius 3 is 2.54 bits per heavy atom. The summed E-state index contributed by atoms with van der Waals surface area (Å²) < 4.78 is 5.08. The fourth-order valence-corrected chi connectivity index (χ4v) is 3.43. The van der Waals surface area contributed by atoms with E-state index in [2.05, 4.69) is 83.1 Å². The maximum Gasteiger partial charge on any atom is 0.233 e. The maximum absolute atomic E-state index is 5.08. The van der Waals surface area contributed by atoms with Gasteiger partial charge >= 0.3 is 0 Å². The third-order valence-electron chi connectivity index (χ3n) is 4.97. The third kappa shape index (κ3) is 3.87. The fourth-order valence-electron chi connectivity index (χ4n) is 3.43. The van der Waals surface area contributed by atoms with E-state index in [0.29, 0.717) is 5.88 Å². The van der Waals surface area contributed by atoms with Crippen molar-refractivity contribution in [2.45, 2.75) is 19.5 Å². The van der Waals surface area contributed by atoms with Crippen LogP contribution in [0.3, 0.4) is 0 Å². The van der Waals surface area contributed by atoms with Gasteiger partial charge in [-0.2, -0.15) is 0 Å². The molecule has 0 amide bonds. The average molecular weight is 369 g/mol. The van der Waals surface area contributed by atoms with Crippen LogP contribution in [0.25, 0.3) is 22.0 Å². The first kappa shape index (κ1) is 18.1. The normalized spacial score (nSPS) is 12.1. The Morgan fingerprint density at radius 2 is 1.71 bits per heavy atom. The zero-order valence-electron chi connectivity index (χ0n) is 16.1. The number of benzene rings is 3. The van der Waals surface area contributed by atoms with E-state index in [1.54, 1.807) is 7.11 Å². The van der Waals surface area contributed by atoms with Gasteiger partial charge in [0.15, 0.2) is 0 Å². The van der Waals surface area contributed by atoms with Crippen LogP contribution in [-0.2, 0) is 6.54 Å². The van der Waals surface area contributed by atoms with E-state index >= 15 is 0 Å². The van der Waals surface area contributed by atoms with Crippen LogP contribution in [0.1, 0.15) is 24.1 Å². The molecule has 0 aliphatic rings. The number of aromatic nitrogens is 2. The lowest BCUT2D eigenvalue weighted by Crippen LogP contribution is -2.18. The lowest BCUT2D eigenvalue weighted by atomic mass is 9.99. The van der Waals surface area contributed by atoms with E-state index in [4.69, 9.17) is 4.74 Å². The Hall–Kier alpha value is -3.24. The van der Waals surface area contributed by atoms with Crippen LogP contribution in [0.4, 0.5) is 0 Å². The van der Waals surface area contributed by atoms with Crippen molar-refractivity contribution in [2.75, 3.05) is 7.11 Å². The number of hydrogen-bond acceptors (Lipinski definition) is 4. The molecule has 4 heteroatoms. The highest BCUT2D eigenvalue weighted by atomic mass is 16.5. The van der Waals surface area contributed by atoms with E-state index < -0.39 is 0 Å². The Labute approximate surface area is 165 Å². The molecule has 1 atom stereocenters. The molecule has 1 unspecified atom stereocenters. The Bertz CT molecular complexity index is 1070. The van der Waals surface area contributed by atoms with Crippen molar-refractivity contribution in [3.63, 3.8) is 0 Å². The minimum absolute atomic E-state index is 0.246. The molecule has 1 N–H and O–H groups in total. The summed E-state index contributed by atoms with van der Waals surface area (Å²) in [6, 6.07) is 27.4. The van der Waals surface area contributed by atoms with Gasteiger partial charge in [-0.15, -0.1) is 10.2 Å². The molecule has 4 aromatic rings. The van der Waals surface area contributed by atoms with Crippen LogP contribution in [-0.4, -0.2) is 17.3 Å². The largest absolute Gasteiger partial charge is 0.480 e. The molecule has 3 aromatic carbocycles. The van der Waals surface area contributed by atoms with Crippen molar-refractivity contribution in [3.8, 4) is 17.1 Å². The van der Waals surface area contributed by atoms with Gasteiger partial charge in [0.1, 0.15) is 0 Å². The molecule has 0 aliphatic heterocycles. The quantitative estimate of drug-likeness (QED) is 0.510. The van der Waals surface area contributed by atoms with Gasteiger partial charge in [-0.05, 0) is 41.0 Å². The van der Waals surface area contributed by atoms with Gasteiger partial charge in [-0.1, -0.05) is 60.7 Å². The number of fused-ring (bicyclic) bond motifs is 1. The summed E-state index contributed by atoms with van der Waals surface area (Å²) in [5.41, 5.74) is 4.41. The maximum atomic E-state index is 5.08. The summed E-state index contributed by atoms with van der Waals surface area (Å²) in [5, 5.41) is 14.5. The van der Waals surface area contributed by atoms with Gasteiger partial charge in [0.25, 0.3) is 0 Å². The number of methoxy groups -OCH3 is 1. The minimum atomic E-state index is 0.246. The second kappa shape index (κ2) is 8.19. The van der Waals surface area contributed by atoms with Gasteiger partial charge < -0.3 is 10.1 Å². The molecule has 0 bridgehead atoms. The Balaban J connectivity index is 1.50. The predicted molar refractivity (Wildman–Crippen MR) is 113 cm³/mol. The molecule has 1 heterocycles. The van der Waals surface area contributed by atoms with Crippen LogP contribution in [0.15, 0.2) is 78.9 Å². The molecule has 1 aromatic heterocycles. The lowest BCUT2D eigenvalue weighted by Gasteiger charge is -2.17. The van der Waals surface area contributed by atoms with Gasteiger partial charge in [0.05, 0.1) is 12.8 Å². The molecule has 0 saturated carbocycles. The van der Waals surface area contributed by atoms with E-state index in [9.17, 15) is 0 Å². The van der Waals surface area contributed by atoms with Crippen molar-refractivity contribution in [1.29, 1.82) is 0 Å². The van der Waals surface area contributed by atoms with Crippen molar-refractivity contribution in [2.24, 2.45) is 0 Å². The van der Waals surface area contributed by atoms with Crippen LogP contribution in [0.2, 0.25) is 0 Å². The van der Waals surface area contributed by atoms with E-state index in [1.165, 1.54) is 21.9 Å². The highest BCUT2D eigenvalue weighted by molar-refractivity contribution is 5.86. The Kier molecular flexibility index (Phi) is 5.31. The SMILES string of the molecule is COc1ccc(-c2cccc(CNC(C)c3cccc4ccccc34)c2)nn1. The number of nitrogens with one attached hydrogen (secondary N) is 1. The first-order valence-corrected chi connectivity index (χ1v) is 9.42. The van der Waals surface area contributed by atoms with Crippen molar-refractivity contribution >= 4 is 10.8 Å². The van der Waals surface area contributed by atoms with Gasteiger partial charge in [-0.25, -0.2) is 0 Å². The van der Waals surface area contributed by atoms with Crippen molar-refractivity contribution < 1.29 is 4.74 Å². The van der Waals surface area contributed by atoms with Crippen LogP contribution >= 0.6 is 0 Å². The topological polar surface area (TPSA) is 47.0 Å². The Morgan fingerprint density at radius 1 is 0.893 bits per heavy atom.